The Hall–Kier alpha value is -3.33. The van der Waals surface area contributed by atoms with Crippen LogP contribution in [0.5, 0.6) is 0 Å². The maximum atomic E-state index is 13.5. The number of Topliss-reactive ketones (excluding diaryl/α,β-unsaturated/α-hetero) is 1. The lowest BCUT2D eigenvalue weighted by molar-refractivity contribution is 0.0881. The molecule has 2 N–H and O–H groups in total. The molecule has 2 unspecified atom stereocenters. The highest BCUT2D eigenvalue weighted by Gasteiger charge is 2.42. The van der Waals surface area contributed by atoms with Crippen molar-refractivity contribution in [2.45, 2.75) is 11.4 Å². The Labute approximate surface area is 177 Å². The molecule has 0 radical (unpaired) electrons. The number of aromatic nitrogens is 2. The molecule has 4 rings (SSSR count). The molecule has 2 atom stereocenters. The van der Waals surface area contributed by atoms with Gasteiger partial charge in [0.2, 0.25) is 0 Å². The first-order chi connectivity index (χ1) is 14.4. The van der Waals surface area contributed by atoms with Crippen LogP contribution in [0.2, 0.25) is 0 Å². The fourth-order valence-electron chi connectivity index (χ4n) is 3.69. The minimum absolute atomic E-state index is 0.241. The number of hydrogen-bond acceptors (Lipinski definition) is 5. The van der Waals surface area contributed by atoms with E-state index in [1.807, 2.05) is 18.2 Å². The number of benzene rings is 1. The van der Waals surface area contributed by atoms with Gasteiger partial charge in [0.25, 0.3) is 0 Å². The van der Waals surface area contributed by atoms with Crippen molar-refractivity contribution in [2.75, 3.05) is 19.8 Å². The third kappa shape index (κ3) is 3.30. The Morgan fingerprint density at radius 3 is 2.60 bits per heavy atom. The molecule has 1 aliphatic rings. The summed E-state index contributed by atoms with van der Waals surface area (Å²) in [4.78, 5) is 45.4. The number of amides is 3. The molecular formula is C21H21N5O3S. The van der Waals surface area contributed by atoms with Crippen molar-refractivity contribution in [3.8, 4) is 0 Å². The van der Waals surface area contributed by atoms with E-state index in [9.17, 15) is 14.4 Å². The maximum absolute atomic E-state index is 13.5. The Balaban J connectivity index is 1.75. The van der Waals surface area contributed by atoms with E-state index in [0.717, 1.165) is 5.56 Å². The van der Waals surface area contributed by atoms with Gasteiger partial charge in [-0.15, -0.1) is 11.8 Å². The molecule has 1 aromatic carbocycles. The highest BCUT2D eigenvalue weighted by Crippen LogP contribution is 2.42. The fourth-order valence-corrected chi connectivity index (χ4v) is 5.11. The highest BCUT2D eigenvalue weighted by atomic mass is 32.2. The third-order valence-corrected chi connectivity index (χ3v) is 6.42. The predicted octanol–water partition coefficient (Wildman–Crippen LogP) is 2.94. The largest absolute Gasteiger partial charge is 0.351 e. The topological polar surface area (TPSA) is 102 Å². The standard InChI is InChI=1S/C21H21N5O3S/c1-24(2)21(29)25-11-15(14-7-3-4-8-16(14)25)18(27)17-12-30-19(26(17)20(22)28)13-6-5-9-23-10-13/h3-11,17,19H,12H2,1-2H3,(H2,22,28). The summed E-state index contributed by atoms with van der Waals surface area (Å²) in [5.41, 5.74) is 7.51. The predicted molar refractivity (Wildman–Crippen MR) is 115 cm³/mol. The molecule has 0 aliphatic carbocycles. The van der Waals surface area contributed by atoms with Crippen LogP contribution in [-0.2, 0) is 0 Å². The van der Waals surface area contributed by atoms with Gasteiger partial charge < -0.3 is 10.6 Å². The van der Waals surface area contributed by atoms with Crippen molar-refractivity contribution >= 4 is 40.5 Å². The van der Waals surface area contributed by atoms with E-state index in [1.165, 1.54) is 26.1 Å². The molecule has 0 saturated carbocycles. The first kappa shape index (κ1) is 20.0. The van der Waals surface area contributed by atoms with E-state index in [-0.39, 0.29) is 17.2 Å². The van der Waals surface area contributed by atoms with Crippen molar-refractivity contribution in [3.05, 3.63) is 66.1 Å². The molecule has 0 bridgehead atoms. The van der Waals surface area contributed by atoms with Gasteiger partial charge >= 0.3 is 12.1 Å². The lowest BCUT2D eigenvalue weighted by atomic mass is 10.0. The molecule has 30 heavy (non-hydrogen) atoms. The molecule has 154 valence electrons. The molecule has 0 spiro atoms. The number of carbonyl (C=O) groups excluding carboxylic acids is 3. The van der Waals surface area contributed by atoms with Gasteiger partial charge in [0.1, 0.15) is 11.4 Å². The van der Waals surface area contributed by atoms with Crippen LogP contribution in [0, 0.1) is 0 Å². The van der Waals surface area contributed by atoms with Crippen LogP contribution >= 0.6 is 11.8 Å². The minimum Gasteiger partial charge on any atom is -0.351 e. The number of thioether (sulfide) groups is 1. The summed E-state index contributed by atoms with van der Waals surface area (Å²) >= 11 is 1.47. The summed E-state index contributed by atoms with van der Waals surface area (Å²) in [5.74, 6) is 0.164. The Kier molecular flexibility index (Phi) is 5.21. The smallest absolute Gasteiger partial charge is 0.328 e. The van der Waals surface area contributed by atoms with Crippen LogP contribution < -0.4 is 5.73 Å². The fraction of sp³-hybridized carbons (Fsp3) is 0.238. The average molecular weight is 423 g/mol. The zero-order chi connectivity index (χ0) is 21.4. The van der Waals surface area contributed by atoms with Crippen LogP contribution in [0.3, 0.4) is 0 Å². The molecule has 1 aliphatic heterocycles. The van der Waals surface area contributed by atoms with Crippen LogP contribution in [0.25, 0.3) is 10.9 Å². The normalized spacial score (nSPS) is 18.5. The quantitative estimate of drug-likeness (QED) is 0.653. The Morgan fingerprint density at radius 1 is 1.17 bits per heavy atom. The molecule has 3 amide bonds. The second-order valence-electron chi connectivity index (χ2n) is 7.20. The molecule has 9 heteroatoms. The van der Waals surface area contributed by atoms with Gasteiger partial charge in [0.15, 0.2) is 5.78 Å². The number of carbonyl (C=O) groups is 3. The summed E-state index contributed by atoms with van der Waals surface area (Å²) in [7, 11) is 3.30. The summed E-state index contributed by atoms with van der Waals surface area (Å²) in [5, 5.41) is 0.277. The van der Waals surface area contributed by atoms with Crippen LogP contribution in [0.4, 0.5) is 9.59 Å². The van der Waals surface area contributed by atoms with Gasteiger partial charge in [0.05, 0.1) is 5.52 Å². The number of rotatable bonds is 3. The number of nitrogens with two attached hydrogens (primary N) is 1. The zero-order valence-electron chi connectivity index (χ0n) is 16.6. The van der Waals surface area contributed by atoms with Gasteiger partial charge in [-0.05, 0) is 12.1 Å². The summed E-state index contributed by atoms with van der Waals surface area (Å²) in [6.07, 6.45) is 4.87. The molecule has 2 aromatic heterocycles. The van der Waals surface area contributed by atoms with E-state index >= 15 is 0 Å². The average Bonchev–Trinajstić information content (AvgIpc) is 3.36. The minimum atomic E-state index is -0.730. The van der Waals surface area contributed by atoms with Crippen LogP contribution in [0.1, 0.15) is 21.3 Å². The number of pyridine rings is 1. The monoisotopic (exact) mass is 423 g/mol. The maximum Gasteiger partial charge on any atom is 0.328 e. The number of para-hydroxylation sites is 1. The van der Waals surface area contributed by atoms with Gasteiger partial charge in [-0.25, -0.2) is 9.59 Å². The highest BCUT2D eigenvalue weighted by molar-refractivity contribution is 7.99. The Bertz CT molecular complexity index is 1130. The lowest BCUT2D eigenvalue weighted by Gasteiger charge is -2.26. The summed E-state index contributed by atoms with van der Waals surface area (Å²) in [6.45, 7) is 0. The zero-order valence-corrected chi connectivity index (χ0v) is 17.4. The van der Waals surface area contributed by atoms with E-state index in [2.05, 4.69) is 4.98 Å². The SMILES string of the molecule is CN(C)C(=O)n1cc(C(=O)C2CSC(c3cccnc3)N2C(N)=O)c2ccccc21. The van der Waals surface area contributed by atoms with Crippen LogP contribution in [-0.4, -0.2) is 63.1 Å². The van der Waals surface area contributed by atoms with E-state index in [0.29, 0.717) is 22.2 Å². The molecule has 3 heterocycles. The van der Waals surface area contributed by atoms with Crippen LogP contribution in [0.15, 0.2) is 55.0 Å². The molecular weight excluding hydrogens is 402 g/mol. The summed E-state index contributed by atoms with van der Waals surface area (Å²) < 4.78 is 1.46. The van der Waals surface area contributed by atoms with Crippen molar-refractivity contribution in [1.82, 2.24) is 19.4 Å². The van der Waals surface area contributed by atoms with Gasteiger partial charge in [0, 0.05) is 55.0 Å². The van der Waals surface area contributed by atoms with Gasteiger partial charge in [-0.3, -0.25) is 19.2 Å². The first-order valence-corrected chi connectivity index (χ1v) is 10.4. The molecule has 1 fully saturated rings. The van der Waals surface area contributed by atoms with Gasteiger partial charge in [-0.2, -0.15) is 0 Å². The number of fused-ring (bicyclic) bond motifs is 1. The third-order valence-electron chi connectivity index (χ3n) is 5.09. The molecule has 8 nitrogen and oxygen atoms in total. The second-order valence-corrected chi connectivity index (χ2v) is 8.32. The second kappa shape index (κ2) is 7.83. The first-order valence-electron chi connectivity index (χ1n) is 9.35. The Morgan fingerprint density at radius 2 is 1.93 bits per heavy atom. The van der Waals surface area contributed by atoms with Crippen molar-refractivity contribution < 1.29 is 14.4 Å². The number of urea groups is 1. The van der Waals surface area contributed by atoms with E-state index in [4.69, 9.17) is 5.73 Å². The van der Waals surface area contributed by atoms with Crippen molar-refractivity contribution in [3.63, 3.8) is 0 Å². The number of primary amides is 1. The van der Waals surface area contributed by atoms with Crippen molar-refractivity contribution in [1.29, 1.82) is 0 Å². The molecule has 1 saturated heterocycles. The molecule has 3 aromatic rings. The summed E-state index contributed by atoms with van der Waals surface area (Å²) in [6, 6.07) is 9.21. The van der Waals surface area contributed by atoms with Gasteiger partial charge in [-0.1, -0.05) is 24.3 Å². The van der Waals surface area contributed by atoms with Crippen molar-refractivity contribution in [2.24, 2.45) is 5.73 Å². The van der Waals surface area contributed by atoms with E-state index in [1.54, 1.807) is 50.9 Å². The lowest BCUT2D eigenvalue weighted by Crippen LogP contribution is -2.45. The number of hydrogen-bond donors (Lipinski definition) is 1. The number of ketones is 1. The number of nitrogens with zero attached hydrogens (tertiary/aromatic N) is 4. The van der Waals surface area contributed by atoms with E-state index < -0.39 is 12.1 Å².